The van der Waals surface area contributed by atoms with Crippen LogP contribution in [0.5, 0.6) is 0 Å². The Hall–Kier alpha value is 0.830. The van der Waals surface area contributed by atoms with Crippen molar-refractivity contribution in [1.29, 1.82) is 0 Å². The van der Waals surface area contributed by atoms with Gasteiger partial charge in [-0.25, -0.2) is 0 Å². The van der Waals surface area contributed by atoms with E-state index in [4.69, 9.17) is 0 Å². The molecular weight excluding hydrogens is 203 g/mol. The molecule has 0 unspecified atom stereocenters. The van der Waals surface area contributed by atoms with Gasteiger partial charge in [0.2, 0.25) is 0 Å². The molecule has 0 aliphatic carbocycles. The first-order valence-electron chi connectivity index (χ1n) is 3.35. The van der Waals surface area contributed by atoms with Gasteiger partial charge in [0.15, 0.2) is 0 Å². The van der Waals surface area contributed by atoms with Crippen molar-refractivity contribution in [2.75, 3.05) is 0 Å². The van der Waals surface area contributed by atoms with Crippen molar-refractivity contribution in [3.8, 4) is 0 Å². The van der Waals surface area contributed by atoms with Crippen molar-refractivity contribution >= 4 is 21.4 Å². The van der Waals surface area contributed by atoms with Crippen LogP contribution in [-0.2, 0) is 0 Å². The normalized spacial score (nSPS) is 7.88. The summed E-state index contributed by atoms with van der Waals surface area (Å²) in [4.78, 5) is 0. The topological polar surface area (TPSA) is 31.5 Å². The summed E-state index contributed by atoms with van der Waals surface area (Å²) in [6.45, 7) is 7.06. The maximum atomic E-state index is 2.35. The third kappa shape index (κ3) is 4.98. The van der Waals surface area contributed by atoms with E-state index in [-0.39, 0.29) is 5.48 Å². The minimum Gasteiger partial charge on any atom is -0.412 e. The van der Waals surface area contributed by atoms with Gasteiger partial charge in [-0.3, -0.25) is 0 Å². The Morgan fingerprint density at radius 1 is 0.875 bits per heavy atom. The molecule has 8 heavy (non-hydrogen) atoms. The van der Waals surface area contributed by atoms with Crippen LogP contribution in [0, 0.1) is 0 Å². The average Bonchev–Trinajstić information content (AvgIpc) is 1.72. The van der Waals surface area contributed by atoms with E-state index in [1.165, 1.54) is 0 Å². The second-order valence-electron chi connectivity index (χ2n) is 2.09. The van der Waals surface area contributed by atoms with E-state index >= 15 is 0 Å². The monoisotopic (exact) mass is 220 g/mol. The maximum Gasteiger partial charge on any atom is -0.412 e. The fourth-order valence-electron chi connectivity index (χ4n) is 0.866. The number of hydrogen-bond donors (Lipinski definition) is 0. The predicted molar refractivity (Wildman–Crippen MR) is 40.8 cm³/mol. The van der Waals surface area contributed by atoms with Gasteiger partial charge in [0, 0.05) is 0 Å². The maximum absolute atomic E-state index is 2.35. The van der Waals surface area contributed by atoms with Crippen molar-refractivity contribution < 1.29 is 5.48 Å². The molecule has 1 nitrogen and oxygen atoms in total. The molecule has 0 spiro atoms. The van der Waals surface area contributed by atoms with Crippen LogP contribution in [0.4, 0.5) is 0 Å². The predicted octanol–water partition coefficient (Wildman–Crippen LogP) is 1.72. The Morgan fingerprint density at radius 2 is 1.12 bits per heavy atom. The van der Waals surface area contributed by atoms with Crippen LogP contribution in [-0.4, -0.2) is 26.9 Å². The largest absolute Gasteiger partial charge is 0.412 e. The summed E-state index contributed by atoms with van der Waals surface area (Å²) in [5, 5.41) is 0. The second kappa shape index (κ2) is 7.83. The fourth-order valence-corrected chi connectivity index (χ4v) is 5.81. The van der Waals surface area contributed by atoms with Gasteiger partial charge < -0.3 is 5.48 Å². The molecule has 50 valence electrons. The van der Waals surface area contributed by atoms with Crippen LogP contribution in [0.2, 0.25) is 12.5 Å². The smallest absolute Gasteiger partial charge is 0.412 e. The van der Waals surface area contributed by atoms with Gasteiger partial charge in [-0.15, -0.1) is 0 Å². The summed E-state index contributed by atoms with van der Waals surface area (Å²) in [6, 6.07) is 0. The molecule has 2 heteroatoms. The van der Waals surface area contributed by atoms with Crippen molar-refractivity contribution in [2.45, 2.75) is 33.3 Å². The molecule has 0 amide bonds. The van der Waals surface area contributed by atoms with Crippen molar-refractivity contribution in [2.24, 2.45) is 0 Å². The summed E-state index contributed by atoms with van der Waals surface area (Å²) in [6.07, 6.45) is 0. The number of rotatable bonds is 3. The standard InChI is InChI=1S/3C2H5.In.H2O/c3*1-2;;/h3*1H2,2H3;;1H2. The van der Waals surface area contributed by atoms with Crippen LogP contribution in [0.25, 0.3) is 0 Å². The van der Waals surface area contributed by atoms with E-state index in [0.29, 0.717) is 0 Å². The molecule has 0 aromatic heterocycles. The van der Waals surface area contributed by atoms with Gasteiger partial charge in [0.1, 0.15) is 0 Å². The van der Waals surface area contributed by atoms with E-state index < -0.39 is 21.4 Å². The average molecular weight is 220 g/mol. The molecule has 0 saturated heterocycles. The SMILES string of the molecule is C[CH2][In]([CH2]C)[CH2]C.O. The van der Waals surface area contributed by atoms with Gasteiger partial charge in [0.05, 0.1) is 0 Å². The molecule has 0 fully saturated rings. The zero-order chi connectivity index (χ0) is 5.70. The Morgan fingerprint density at radius 3 is 1.12 bits per heavy atom. The Balaban J connectivity index is 0. The molecule has 0 aliphatic rings. The van der Waals surface area contributed by atoms with Gasteiger partial charge in [-0.2, -0.15) is 0 Å². The second-order valence-corrected chi connectivity index (χ2v) is 14.0. The van der Waals surface area contributed by atoms with Crippen LogP contribution in [0.3, 0.4) is 0 Å². The molecular formula is C6H17InO. The summed E-state index contributed by atoms with van der Waals surface area (Å²) >= 11 is -0.764. The molecule has 0 radical (unpaired) electrons. The van der Waals surface area contributed by atoms with Crippen molar-refractivity contribution in [1.82, 2.24) is 0 Å². The molecule has 0 atom stereocenters. The summed E-state index contributed by atoms with van der Waals surface area (Å²) < 4.78 is 4.69. The van der Waals surface area contributed by atoms with E-state index in [1.54, 1.807) is 12.5 Å². The van der Waals surface area contributed by atoms with E-state index in [0.717, 1.165) is 0 Å². The summed E-state index contributed by atoms with van der Waals surface area (Å²) in [7, 11) is 0. The van der Waals surface area contributed by atoms with Crippen LogP contribution < -0.4 is 0 Å². The Labute approximate surface area is 60.3 Å². The van der Waals surface area contributed by atoms with E-state index in [9.17, 15) is 0 Å². The first-order chi connectivity index (χ1) is 3.35. The zero-order valence-electron chi connectivity index (χ0n) is 6.20. The zero-order valence-corrected chi connectivity index (χ0v) is 9.49. The molecule has 0 rings (SSSR count). The van der Waals surface area contributed by atoms with Gasteiger partial charge in [0.25, 0.3) is 0 Å². The fraction of sp³-hybridized carbons (Fsp3) is 1.00. The van der Waals surface area contributed by atoms with Crippen LogP contribution >= 0.6 is 0 Å². The number of hydrogen-bond acceptors (Lipinski definition) is 0. The minimum absolute atomic E-state index is 0. The van der Waals surface area contributed by atoms with Gasteiger partial charge in [-0.1, -0.05) is 0 Å². The third-order valence-electron chi connectivity index (χ3n) is 1.73. The summed E-state index contributed by atoms with van der Waals surface area (Å²) in [5.41, 5.74) is 0. The molecule has 0 aliphatic heterocycles. The third-order valence-corrected chi connectivity index (χ3v) is 11.6. The molecule has 0 bridgehead atoms. The first-order valence-corrected chi connectivity index (χ1v) is 10.3. The minimum atomic E-state index is -0.764. The van der Waals surface area contributed by atoms with E-state index in [2.05, 4.69) is 20.8 Å². The van der Waals surface area contributed by atoms with Gasteiger partial charge >= 0.3 is 54.7 Å². The van der Waals surface area contributed by atoms with E-state index in [1.807, 2.05) is 0 Å². The van der Waals surface area contributed by atoms with Gasteiger partial charge in [-0.05, 0) is 0 Å². The Bertz CT molecular complexity index is 30.0. The summed E-state index contributed by atoms with van der Waals surface area (Å²) in [5.74, 6) is 0. The van der Waals surface area contributed by atoms with Crippen molar-refractivity contribution in [3.05, 3.63) is 0 Å². The van der Waals surface area contributed by atoms with Crippen LogP contribution in [0.1, 0.15) is 20.8 Å². The quantitative estimate of drug-likeness (QED) is 0.693. The molecule has 0 aromatic rings. The first kappa shape index (κ1) is 11.6. The molecule has 0 heterocycles. The van der Waals surface area contributed by atoms with Crippen molar-refractivity contribution in [3.63, 3.8) is 0 Å². The molecule has 2 N–H and O–H groups in total. The molecule has 0 saturated carbocycles. The molecule has 0 aromatic carbocycles. The van der Waals surface area contributed by atoms with Crippen LogP contribution in [0.15, 0.2) is 0 Å². The Kier molecular flexibility index (Phi) is 11.4.